The summed E-state index contributed by atoms with van der Waals surface area (Å²) in [5.74, 6) is -0.324. The summed E-state index contributed by atoms with van der Waals surface area (Å²) < 4.78 is 4.92. The molecule has 3 nitrogen and oxygen atoms in total. The molecule has 0 rings (SSSR count). The Hall–Kier alpha value is -1.09. The molecule has 0 atom stereocenters. The minimum atomic E-state index is -0.324. The maximum absolute atomic E-state index is 11.2. The summed E-state index contributed by atoms with van der Waals surface area (Å²) in [4.78, 5) is 12.9. The van der Waals surface area contributed by atoms with Crippen LogP contribution in [0.25, 0.3) is 0 Å². The van der Waals surface area contributed by atoms with E-state index in [0.29, 0.717) is 18.7 Å². The van der Waals surface area contributed by atoms with Crippen molar-refractivity contribution in [3.8, 4) is 0 Å². The van der Waals surface area contributed by atoms with E-state index in [0.717, 1.165) is 6.42 Å². The lowest BCUT2D eigenvalue weighted by atomic mass is 10.2. The molecule has 0 N–H and O–H groups in total. The average molecular weight is 183 g/mol. The van der Waals surface area contributed by atoms with Crippen molar-refractivity contribution in [2.75, 3.05) is 20.8 Å². The van der Waals surface area contributed by atoms with Crippen molar-refractivity contribution in [1.29, 1.82) is 0 Å². The predicted octanol–water partition coefficient (Wildman–Crippen LogP) is 1.57. The van der Waals surface area contributed by atoms with Gasteiger partial charge in [-0.3, -0.25) is 4.90 Å². The fourth-order valence-electron chi connectivity index (χ4n) is 0.668. The normalized spacial score (nSPS) is 9.77. The zero-order chi connectivity index (χ0) is 10.3. The summed E-state index contributed by atoms with van der Waals surface area (Å²) in [6, 6.07) is 0. The Kier molecular flexibility index (Phi) is 5.89. The molecule has 0 aliphatic carbocycles. The molecule has 0 aliphatic heterocycles. The molecule has 0 spiro atoms. The minimum absolute atomic E-state index is 0.298. The summed E-state index contributed by atoms with van der Waals surface area (Å²) in [6.45, 7) is 7.49. The van der Waals surface area contributed by atoms with Gasteiger partial charge in [0.05, 0.1) is 0 Å². The van der Waals surface area contributed by atoms with Gasteiger partial charge >= 0.3 is 5.97 Å². The van der Waals surface area contributed by atoms with Crippen molar-refractivity contribution >= 4 is 5.97 Å². The summed E-state index contributed by atoms with van der Waals surface area (Å²) in [7, 11) is 3.67. The van der Waals surface area contributed by atoms with Gasteiger partial charge in [0.2, 0.25) is 0 Å². The average Bonchev–Trinajstić information content (AvgIpc) is 2.10. The Morgan fingerprint density at radius 3 is 2.62 bits per heavy atom. The third kappa shape index (κ3) is 6.11. The first-order chi connectivity index (χ1) is 6.07. The van der Waals surface area contributed by atoms with Crippen LogP contribution >= 0.6 is 0 Å². The summed E-state index contributed by atoms with van der Waals surface area (Å²) in [5, 5.41) is 0. The van der Waals surface area contributed by atoms with E-state index in [4.69, 9.17) is 4.74 Å². The van der Waals surface area contributed by atoms with Crippen molar-refractivity contribution in [2.24, 2.45) is 0 Å². The Morgan fingerprint density at radius 2 is 2.15 bits per heavy atom. The van der Waals surface area contributed by atoms with Gasteiger partial charge < -0.3 is 4.74 Å². The van der Waals surface area contributed by atoms with Crippen LogP contribution in [0.15, 0.2) is 24.8 Å². The second-order valence-corrected chi connectivity index (χ2v) is 3.07. The summed E-state index contributed by atoms with van der Waals surface area (Å²) >= 11 is 0. The quantitative estimate of drug-likeness (QED) is 0.271. The van der Waals surface area contributed by atoms with Crippen LogP contribution in [0.2, 0.25) is 0 Å². The number of carbonyl (C=O) groups excluding carboxylic acids is 1. The highest BCUT2D eigenvalue weighted by atomic mass is 16.5. The Labute approximate surface area is 79.7 Å². The highest BCUT2D eigenvalue weighted by Crippen LogP contribution is 2.04. The predicted molar refractivity (Wildman–Crippen MR) is 53.2 cm³/mol. The van der Waals surface area contributed by atoms with Gasteiger partial charge in [0.25, 0.3) is 0 Å². The number of hydrogen-bond donors (Lipinski definition) is 0. The van der Waals surface area contributed by atoms with Crippen LogP contribution in [-0.2, 0) is 9.53 Å². The smallest absolute Gasteiger partial charge is 0.334 e. The van der Waals surface area contributed by atoms with Gasteiger partial charge in [0.15, 0.2) is 0 Å². The molecule has 0 bridgehead atoms. The number of carbonyl (C=O) groups is 1. The minimum Gasteiger partial charge on any atom is -0.446 e. The SMILES string of the molecule is C=CCCC(=C)C(=O)OCN(C)C. The van der Waals surface area contributed by atoms with Gasteiger partial charge in [-0.05, 0) is 26.9 Å². The number of allylic oxidation sites excluding steroid dienone is 1. The monoisotopic (exact) mass is 183 g/mol. The molecule has 0 aliphatic rings. The Morgan fingerprint density at radius 1 is 1.54 bits per heavy atom. The lowest BCUT2D eigenvalue weighted by Gasteiger charge is -2.10. The summed E-state index contributed by atoms with van der Waals surface area (Å²) in [5.41, 5.74) is 0.502. The number of esters is 1. The molecule has 0 saturated heterocycles. The Bertz CT molecular complexity index is 197. The Balaban J connectivity index is 3.69. The number of hydrogen-bond acceptors (Lipinski definition) is 3. The molecule has 0 radical (unpaired) electrons. The molecule has 3 heteroatoms. The standard InChI is InChI=1S/C10H17NO2/c1-5-6-7-9(2)10(12)13-8-11(3)4/h5H,1-2,6-8H2,3-4H3. The first kappa shape index (κ1) is 11.9. The van der Waals surface area contributed by atoms with E-state index < -0.39 is 0 Å². The van der Waals surface area contributed by atoms with Crippen LogP contribution in [0, 0.1) is 0 Å². The van der Waals surface area contributed by atoms with E-state index in [9.17, 15) is 4.79 Å². The molecular formula is C10H17NO2. The topological polar surface area (TPSA) is 29.5 Å². The number of nitrogens with zero attached hydrogens (tertiary/aromatic N) is 1. The largest absolute Gasteiger partial charge is 0.446 e. The summed E-state index contributed by atoms with van der Waals surface area (Å²) in [6.07, 6.45) is 3.13. The fourth-order valence-corrected chi connectivity index (χ4v) is 0.668. The second kappa shape index (κ2) is 6.43. The highest BCUT2D eigenvalue weighted by molar-refractivity contribution is 5.87. The van der Waals surface area contributed by atoms with Gasteiger partial charge in [0.1, 0.15) is 6.73 Å². The van der Waals surface area contributed by atoms with Crippen molar-refractivity contribution in [1.82, 2.24) is 4.90 Å². The maximum atomic E-state index is 11.2. The van der Waals surface area contributed by atoms with Crippen LogP contribution < -0.4 is 0 Å². The van der Waals surface area contributed by atoms with Gasteiger partial charge in [0, 0.05) is 5.57 Å². The fraction of sp³-hybridized carbons (Fsp3) is 0.500. The molecule has 0 aromatic rings. The van der Waals surface area contributed by atoms with Crippen LogP contribution in [0.1, 0.15) is 12.8 Å². The first-order valence-electron chi connectivity index (χ1n) is 4.18. The zero-order valence-corrected chi connectivity index (χ0v) is 8.38. The molecule has 0 amide bonds. The lowest BCUT2D eigenvalue weighted by molar-refractivity contribution is -0.142. The van der Waals surface area contributed by atoms with Crippen LogP contribution in [0.4, 0.5) is 0 Å². The third-order valence-corrected chi connectivity index (χ3v) is 1.39. The highest BCUT2D eigenvalue weighted by Gasteiger charge is 2.07. The maximum Gasteiger partial charge on any atom is 0.334 e. The van der Waals surface area contributed by atoms with Gasteiger partial charge in [-0.2, -0.15) is 0 Å². The van der Waals surface area contributed by atoms with E-state index in [-0.39, 0.29) is 5.97 Å². The van der Waals surface area contributed by atoms with E-state index in [1.165, 1.54) is 0 Å². The van der Waals surface area contributed by atoms with Crippen molar-refractivity contribution in [3.63, 3.8) is 0 Å². The lowest BCUT2D eigenvalue weighted by Crippen LogP contribution is -2.20. The van der Waals surface area contributed by atoms with Gasteiger partial charge in [-0.1, -0.05) is 12.7 Å². The molecule has 0 aromatic carbocycles. The number of ether oxygens (including phenoxy) is 1. The van der Waals surface area contributed by atoms with E-state index in [2.05, 4.69) is 13.2 Å². The van der Waals surface area contributed by atoms with Crippen molar-refractivity contribution < 1.29 is 9.53 Å². The first-order valence-corrected chi connectivity index (χ1v) is 4.18. The second-order valence-electron chi connectivity index (χ2n) is 3.07. The van der Waals surface area contributed by atoms with Gasteiger partial charge in [-0.25, -0.2) is 4.79 Å². The molecule has 0 fully saturated rings. The third-order valence-electron chi connectivity index (χ3n) is 1.39. The van der Waals surface area contributed by atoms with E-state index in [1.54, 1.807) is 11.0 Å². The number of rotatable bonds is 6. The van der Waals surface area contributed by atoms with Crippen LogP contribution in [0.3, 0.4) is 0 Å². The molecule has 0 saturated carbocycles. The molecule has 0 heterocycles. The molecule has 13 heavy (non-hydrogen) atoms. The van der Waals surface area contributed by atoms with Crippen molar-refractivity contribution in [3.05, 3.63) is 24.8 Å². The van der Waals surface area contributed by atoms with E-state index >= 15 is 0 Å². The molecule has 0 aromatic heterocycles. The van der Waals surface area contributed by atoms with Crippen LogP contribution in [0.5, 0.6) is 0 Å². The zero-order valence-electron chi connectivity index (χ0n) is 8.38. The van der Waals surface area contributed by atoms with E-state index in [1.807, 2.05) is 14.1 Å². The van der Waals surface area contributed by atoms with Crippen LogP contribution in [-0.4, -0.2) is 31.7 Å². The van der Waals surface area contributed by atoms with Crippen molar-refractivity contribution in [2.45, 2.75) is 12.8 Å². The van der Waals surface area contributed by atoms with Gasteiger partial charge in [-0.15, -0.1) is 6.58 Å². The molecule has 0 unspecified atom stereocenters. The molecule has 74 valence electrons. The molecular weight excluding hydrogens is 166 g/mol.